The lowest BCUT2D eigenvalue weighted by Gasteiger charge is -2.26. The Morgan fingerprint density at radius 1 is 1.50 bits per heavy atom. The average molecular weight is 257 g/mol. The van der Waals surface area contributed by atoms with Crippen LogP contribution < -0.4 is 5.73 Å². The van der Waals surface area contributed by atoms with Crippen LogP contribution in [-0.2, 0) is 4.74 Å². The zero-order valence-corrected chi connectivity index (χ0v) is 12.1. The number of nitrogens with zero attached hydrogens (tertiary/aromatic N) is 2. The third kappa shape index (κ3) is 4.82. The number of rotatable bonds is 4. The monoisotopic (exact) mass is 257 g/mol. The van der Waals surface area contributed by atoms with Gasteiger partial charge in [-0.05, 0) is 53.8 Å². The number of carbonyl (C=O) groups excluding carboxylic acids is 1. The van der Waals surface area contributed by atoms with Gasteiger partial charge in [-0.15, -0.1) is 0 Å². The summed E-state index contributed by atoms with van der Waals surface area (Å²) in [5.74, 6) is 0. The molecule has 0 aromatic rings. The van der Waals surface area contributed by atoms with Crippen molar-refractivity contribution in [1.29, 1.82) is 0 Å². The van der Waals surface area contributed by atoms with Crippen molar-refractivity contribution in [2.75, 3.05) is 33.2 Å². The molecule has 1 amide bonds. The molecule has 0 radical (unpaired) electrons. The second kappa shape index (κ2) is 6.38. The van der Waals surface area contributed by atoms with Crippen molar-refractivity contribution in [2.24, 2.45) is 5.73 Å². The van der Waals surface area contributed by atoms with Crippen LogP contribution in [0.1, 0.15) is 33.6 Å². The summed E-state index contributed by atoms with van der Waals surface area (Å²) in [6, 6.07) is 0.434. The zero-order chi connectivity index (χ0) is 13.8. The smallest absolute Gasteiger partial charge is 0.410 e. The van der Waals surface area contributed by atoms with Crippen molar-refractivity contribution in [3.05, 3.63) is 0 Å². The first-order chi connectivity index (χ1) is 8.33. The summed E-state index contributed by atoms with van der Waals surface area (Å²) < 4.78 is 5.38. The van der Waals surface area contributed by atoms with E-state index in [0.717, 1.165) is 32.5 Å². The maximum Gasteiger partial charge on any atom is 0.410 e. The molecule has 0 aromatic heterocycles. The molecule has 1 atom stereocenters. The van der Waals surface area contributed by atoms with E-state index in [4.69, 9.17) is 10.5 Å². The molecule has 0 aliphatic carbocycles. The molecule has 1 fully saturated rings. The summed E-state index contributed by atoms with van der Waals surface area (Å²) in [7, 11) is 2.10. The molecule has 1 rings (SSSR count). The Morgan fingerprint density at radius 2 is 2.17 bits per heavy atom. The Bertz CT molecular complexity index is 276. The summed E-state index contributed by atoms with van der Waals surface area (Å²) in [6.07, 6.45) is 1.82. The van der Waals surface area contributed by atoms with E-state index in [1.54, 1.807) is 4.90 Å². The van der Waals surface area contributed by atoms with E-state index in [1.165, 1.54) is 0 Å². The van der Waals surface area contributed by atoms with E-state index in [0.29, 0.717) is 12.6 Å². The molecule has 1 saturated heterocycles. The lowest BCUT2D eigenvalue weighted by molar-refractivity contribution is 0.0282. The molecule has 1 heterocycles. The molecule has 0 saturated carbocycles. The third-order valence-corrected chi connectivity index (χ3v) is 3.15. The molecular weight excluding hydrogens is 230 g/mol. The molecule has 106 valence electrons. The molecule has 0 spiro atoms. The van der Waals surface area contributed by atoms with Gasteiger partial charge in [-0.3, -0.25) is 0 Å². The Kier molecular flexibility index (Phi) is 5.41. The first-order valence-electron chi connectivity index (χ1n) is 6.71. The molecular formula is C13H27N3O2. The molecule has 1 aliphatic heterocycles. The zero-order valence-electron chi connectivity index (χ0n) is 12.1. The van der Waals surface area contributed by atoms with Gasteiger partial charge in [0.2, 0.25) is 0 Å². The van der Waals surface area contributed by atoms with Gasteiger partial charge in [0.25, 0.3) is 0 Å². The van der Waals surface area contributed by atoms with Crippen LogP contribution in [-0.4, -0.2) is 60.8 Å². The van der Waals surface area contributed by atoms with Gasteiger partial charge >= 0.3 is 6.09 Å². The van der Waals surface area contributed by atoms with Crippen LogP contribution in [0.15, 0.2) is 0 Å². The van der Waals surface area contributed by atoms with Gasteiger partial charge in [0.15, 0.2) is 0 Å². The maximum atomic E-state index is 11.9. The largest absolute Gasteiger partial charge is 0.444 e. The number of carbonyl (C=O) groups is 1. The molecule has 18 heavy (non-hydrogen) atoms. The molecule has 1 aliphatic rings. The number of likely N-dealkylation sites (tertiary alicyclic amines) is 1. The van der Waals surface area contributed by atoms with Crippen molar-refractivity contribution < 1.29 is 9.53 Å². The van der Waals surface area contributed by atoms with Gasteiger partial charge in [0.1, 0.15) is 5.60 Å². The van der Waals surface area contributed by atoms with Crippen LogP contribution in [0.4, 0.5) is 4.79 Å². The van der Waals surface area contributed by atoms with E-state index < -0.39 is 5.60 Å². The fraction of sp³-hybridized carbons (Fsp3) is 0.923. The summed E-state index contributed by atoms with van der Waals surface area (Å²) in [5, 5.41) is 0. The number of hydrogen-bond donors (Lipinski definition) is 1. The van der Waals surface area contributed by atoms with Gasteiger partial charge in [0.05, 0.1) is 0 Å². The maximum absolute atomic E-state index is 11.9. The van der Waals surface area contributed by atoms with Gasteiger partial charge < -0.3 is 20.3 Å². The van der Waals surface area contributed by atoms with Crippen LogP contribution in [0.2, 0.25) is 0 Å². The second-order valence-corrected chi connectivity index (χ2v) is 5.99. The van der Waals surface area contributed by atoms with E-state index in [9.17, 15) is 4.79 Å². The molecule has 0 aromatic carbocycles. The Hall–Kier alpha value is -0.810. The minimum atomic E-state index is -0.416. The molecule has 0 bridgehead atoms. The van der Waals surface area contributed by atoms with E-state index in [2.05, 4.69) is 11.9 Å². The molecule has 5 heteroatoms. The highest BCUT2D eigenvalue weighted by molar-refractivity contribution is 5.68. The predicted molar refractivity (Wildman–Crippen MR) is 72.5 cm³/mol. The Balaban J connectivity index is 2.38. The molecule has 1 unspecified atom stereocenters. The highest BCUT2D eigenvalue weighted by atomic mass is 16.6. The Labute approximate surface area is 110 Å². The lowest BCUT2D eigenvalue weighted by atomic mass is 10.2. The van der Waals surface area contributed by atoms with Crippen LogP contribution in [0.3, 0.4) is 0 Å². The van der Waals surface area contributed by atoms with Crippen molar-refractivity contribution in [3.63, 3.8) is 0 Å². The minimum Gasteiger partial charge on any atom is -0.444 e. The molecule has 5 nitrogen and oxygen atoms in total. The van der Waals surface area contributed by atoms with Crippen molar-refractivity contribution in [3.8, 4) is 0 Å². The van der Waals surface area contributed by atoms with Gasteiger partial charge in [-0.1, -0.05) is 0 Å². The van der Waals surface area contributed by atoms with Gasteiger partial charge in [-0.2, -0.15) is 0 Å². The SMILES string of the molecule is CN(CCCN)C1CCN(C(=O)OC(C)(C)C)C1. The van der Waals surface area contributed by atoms with Gasteiger partial charge in [0, 0.05) is 19.1 Å². The summed E-state index contributed by atoms with van der Waals surface area (Å²) in [4.78, 5) is 16.0. The van der Waals surface area contributed by atoms with E-state index >= 15 is 0 Å². The van der Waals surface area contributed by atoms with E-state index in [1.807, 2.05) is 20.8 Å². The summed E-state index contributed by atoms with van der Waals surface area (Å²) in [6.45, 7) is 8.93. The summed E-state index contributed by atoms with van der Waals surface area (Å²) >= 11 is 0. The first-order valence-corrected chi connectivity index (χ1v) is 6.71. The van der Waals surface area contributed by atoms with Crippen molar-refractivity contribution in [2.45, 2.75) is 45.3 Å². The second-order valence-electron chi connectivity index (χ2n) is 5.99. The van der Waals surface area contributed by atoms with E-state index in [-0.39, 0.29) is 6.09 Å². The van der Waals surface area contributed by atoms with Crippen molar-refractivity contribution in [1.82, 2.24) is 9.80 Å². The fourth-order valence-corrected chi connectivity index (χ4v) is 2.12. The lowest BCUT2D eigenvalue weighted by Crippen LogP contribution is -2.39. The normalized spacial score (nSPS) is 20.6. The number of hydrogen-bond acceptors (Lipinski definition) is 4. The third-order valence-electron chi connectivity index (χ3n) is 3.15. The fourth-order valence-electron chi connectivity index (χ4n) is 2.12. The number of amides is 1. The van der Waals surface area contributed by atoms with Crippen LogP contribution in [0.25, 0.3) is 0 Å². The Morgan fingerprint density at radius 3 is 2.72 bits per heavy atom. The predicted octanol–water partition coefficient (Wildman–Crippen LogP) is 1.28. The molecule has 2 N–H and O–H groups in total. The highest BCUT2D eigenvalue weighted by Crippen LogP contribution is 2.18. The van der Waals surface area contributed by atoms with Crippen molar-refractivity contribution >= 4 is 6.09 Å². The number of nitrogens with two attached hydrogens (primary N) is 1. The first kappa shape index (κ1) is 15.2. The quantitative estimate of drug-likeness (QED) is 0.824. The van der Waals surface area contributed by atoms with Gasteiger partial charge in [-0.25, -0.2) is 4.79 Å². The van der Waals surface area contributed by atoms with Crippen LogP contribution in [0.5, 0.6) is 0 Å². The number of ether oxygens (including phenoxy) is 1. The minimum absolute atomic E-state index is 0.197. The average Bonchev–Trinajstić information content (AvgIpc) is 2.72. The highest BCUT2D eigenvalue weighted by Gasteiger charge is 2.31. The topological polar surface area (TPSA) is 58.8 Å². The van der Waals surface area contributed by atoms with Crippen LogP contribution in [0, 0.1) is 0 Å². The number of likely N-dealkylation sites (N-methyl/N-ethyl adjacent to an activating group) is 1. The summed E-state index contributed by atoms with van der Waals surface area (Å²) in [5.41, 5.74) is 5.09. The van der Waals surface area contributed by atoms with Crippen LogP contribution >= 0.6 is 0 Å². The standard InChI is InChI=1S/C13H27N3O2/c1-13(2,3)18-12(17)16-9-6-11(10-16)15(4)8-5-7-14/h11H,5-10,14H2,1-4H3.